The molecule has 0 unspecified atom stereocenters. The fraction of sp³-hybridized carbons (Fsp3) is 0.600. The molecule has 0 saturated carbocycles. The molecule has 1 aromatic heterocycles. The predicted octanol–water partition coefficient (Wildman–Crippen LogP) is 2.14. The molecule has 0 aromatic carbocycles. The van der Waals surface area contributed by atoms with Gasteiger partial charge in [-0.05, 0) is 6.42 Å². The van der Waals surface area contributed by atoms with Crippen LogP contribution in [0, 0.1) is 11.3 Å². The van der Waals surface area contributed by atoms with Crippen molar-refractivity contribution in [1.29, 1.82) is 5.26 Å². The topological polar surface area (TPSA) is 41.6 Å². The highest BCUT2D eigenvalue weighted by molar-refractivity contribution is 4.93. The molecular formula is C10H15N3. The van der Waals surface area contributed by atoms with E-state index in [-0.39, 0.29) is 0 Å². The Bertz CT molecular complexity index is 283. The second-order valence-electron chi connectivity index (χ2n) is 3.05. The molecule has 0 bridgehead atoms. The summed E-state index contributed by atoms with van der Waals surface area (Å²) in [5, 5.41) is 8.45. The minimum absolute atomic E-state index is 0.565. The monoisotopic (exact) mass is 177 g/mol. The molecule has 3 heteroatoms. The Kier molecular flexibility index (Phi) is 4.04. The summed E-state index contributed by atoms with van der Waals surface area (Å²) in [5.41, 5.74) is 0. The first kappa shape index (κ1) is 9.79. The lowest BCUT2D eigenvalue weighted by Gasteiger charge is -2.03. The molecule has 0 saturated heterocycles. The molecule has 0 aliphatic heterocycles. The molecule has 0 radical (unpaired) electrons. The van der Waals surface area contributed by atoms with Crippen LogP contribution in [0.2, 0.25) is 0 Å². The fourth-order valence-electron chi connectivity index (χ4n) is 1.28. The zero-order valence-electron chi connectivity index (χ0n) is 8.03. The van der Waals surface area contributed by atoms with Gasteiger partial charge in [-0.1, -0.05) is 13.3 Å². The number of aromatic nitrogens is 2. The minimum Gasteiger partial charge on any atom is -0.334 e. The first-order valence-corrected chi connectivity index (χ1v) is 4.75. The quantitative estimate of drug-likeness (QED) is 0.691. The fourth-order valence-corrected chi connectivity index (χ4v) is 1.28. The Morgan fingerprint density at radius 3 is 3.15 bits per heavy atom. The van der Waals surface area contributed by atoms with E-state index in [0.29, 0.717) is 6.42 Å². The third-order valence-electron chi connectivity index (χ3n) is 2.02. The third-order valence-corrected chi connectivity index (χ3v) is 2.02. The van der Waals surface area contributed by atoms with Crippen LogP contribution in [0.3, 0.4) is 0 Å². The molecule has 1 aromatic rings. The maximum absolute atomic E-state index is 8.45. The maximum atomic E-state index is 8.45. The molecule has 0 aliphatic carbocycles. The van der Waals surface area contributed by atoms with Gasteiger partial charge >= 0.3 is 0 Å². The van der Waals surface area contributed by atoms with Crippen LogP contribution < -0.4 is 0 Å². The predicted molar refractivity (Wildman–Crippen MR) is 51.1 cm³/mol. The number of unbranched alkanes of at least 4 members (excludes halogenated alkanes) is 1. The molecule has 0 amide bonds. The Morgan fingerprint density at radius 2 is 2.46 bits per heavy atom. The average molecular weight is 177 g/mol. The molecule has 0 spiro atoms. The van der Waals surface area contributed by atoms with Gasteiger partial charge in [-0.15, -0.1) is 0 Å². The van der Waals surface area contributed by atoms with Gasteiger partial charge in [0.25, 0.3) is 0 Å². The summed E-state index contributed by atoms with van der Waals surface area (Å²) in [6.07, 6.45) is 7.70. The largest absolute Gasteiger partial charge is 0.334 e. The minimum atomic E-state index is 0.565. The summed E-state index contributed by atoms with van der Waals surface area (Å²) in [5.74, 6) is 1.11. The van der Waals surface area contributed by atoms with Crippen LogP contribution in [0.15, 0.2) is 12.4 Å². The summed E-state index contributed by atoms with van der Waals surface area (Å²) in [7, 11) is 0. The number of aryl methyl sites for hydroxylation is 2. The molecular weight excluding hydrogens is 162 g/mol. The van der Waals surface area contributed by atoms with Crippen molar-refractivity contribution in [2.75, 3.05) is 0 Å². The van der Waals surface area contributed by atoms with Crippen LogP contribution >= 0.6 is 0 Å². The van der Waals surface area contributed by atoms with Crippen molar-refractivity contribution in [3.05, 3.63) is 18.2 Å². The van der Waals surface area contributed by atoms with E-state index in [1.165, 1.54) is 12.8 Å². The molecule has 13 heavy (non-hydrogen) atoms. The van der Waals surface area contributed by atoms with Crippen LogP contribution in [-0.4, -0.2) is 9.55 Å². The van der Waals surface area contributed by atoms with E-state index in [9.17, 15) is 0 Å². The highest BCUT2D eigenvalue weighted by atomic mass is 15.1. The SMILES string of the molecule is CCCCc1nccn1CCC#N. The molecule has 70 valence electrons. The van der Waals surface area contributed by atoms with Gasteiger partial charge in [0.05, 0.1) is 12.5 Å². The van der Waals surface area contributed by atoms with Gasteiger partial charge in [0.15, 0.2) is 0 Å². The second kappa shape index (κ2) is 5.36. The van der Waals surface area contributed by atoms with Crippen molar-refractivity contribution in [3.8, 4) is 6.07 Å². The Hall–Kier alpha value is -1.30. The Labute approximate surface area is 79.0 Å². The van der Waals surface area contributed by atoms with Gasteiger partial charge in [0.1, 0.15) is 5.82 Å². The van der Waals surface area contributed by atoms with Crippen molar-refractivity contribution in [1.82, 2.24) is 9.55 Å². The highest BCUT2D eigenvalue weighted by Gasteiger charge is 2.00. The zero-order valence-corrected chi connectivity index (χ0v) is 8.03. The summed E-state index contributed by atoms with van der Waals surface area (Å²) in [6, 6.07) is 2.14. The van der Waals surface area contributed by atoms with Crippen LogP contribution in [0.25, 0.3) is 0 Å². The molecule has 1 rings (SSSR count). The van der Waals surface area contributed by atoms with E-state index in [0.717, 1.165) is 18.8 Å². The molecule has 0 N–H and O–H groups in total. The lowest BCUT2D eigenvalue weighted by atomic mass is 10.2. The smallest absolute Gasteiger partial charge is 0.108 e. The van der Waals surface area contributed by atoms with E-state index in [1.807, 2.05) is 12.4 Å². The van der Waals surface area contributed by atoms with E-state index in [4.69, 9.17) is 5.26 Å². The summed E-state index contributed by atoms with van der Waals surface area (Å²) in [6.45, 7) is 2.94. The van der Waals surface area contributed by atoms with E-state index < -0.39 is 0 Å². The van der Waals surface area contributed by atoms with Gasteiger partial charge in [-0.25, -0.2) is 4.98 Å². The van der Waals surface area contributed by atoms with Crippen LogP contribution in [-0.2, 0) is 13.0 Å². The summed E-state index contributed by atoms with van der Waals surface area (Å²) < 4.78 is 2.07. The van der Waals surface area contributed by atoms with Gasteiger partial charge in [0, 0.05) is 25.4 Å². The Morgan fingerprint density at radius 1 is 1.62 bits per heavy atom. The van der Waals surface area contributed by atoms with Crippen molar-refractivity contribution in [2.24, 2.45) is 0 Å². The van der Waals surface area contributed by atoms with Crippen LogP contribution in [0.5, 0.6) is 0 Å². The number of imidazole rings is 1. The number of nitrogens with zero attached hydrogens (tertiary/aromatic N) is 3. The van der Waals surface area contributed by atoms with Crippen molar-refractivity contribution >= 4 is 0 Å². The standard InChI is InChI=1S/C10H15N3/c1-2-3-5-10-12-7-9-13(10)8-4-6-11/h7,9H,2-5,8H2,1H3. The number of nitriles is 1. The first-order valence-electron chi connectivity index (χ1n) is 4.75. The highest BCUT2D eigenvalue weighted by Crippen LogP contribution is 2.03. The molecule has 1 heterocycles. The van der Waals surface area contributed by atoms with E-state index in [1.54, 1.807) is 0 Å². The third kappa shape index (κ3) is 2.90. The number of rotatable bonds is 5. The number of hydrogen-bond acceptors (Lipinski definition) is 2. The van der Waals surface area contributed by atoms with Gasteiger partial charge < -0.3 is 4.57 Å². The first-order chi connectivity index (χ1) is 6.38. The molecule has 0 aliphatic rings. The van der Waals surface area contributed by atoms with Gasteiger partial charge in [0.2, 0.25) is 0 Å². The zero-order chi connectivity index (χ0) is 9.52. The average Bonchev–Trinajstić information content (AvgIpc) is 2.59. The van der Waals surface area contributed by atoms with Crippen molar-refractivity contribution < 1.29 is 0 Å². The normalized spacial score (nSPS) is 9.85. The lowest BCUT2D eigenvalue weighted by Crippen LogP contribution is -2.02. The Balaban J connectivity index is 2.51. The molecule has 0 atom stereocenters. The number of hydrogen-bond donors (Lipinski definition) is 0. The molecule has 0 fully saturated rings. The van der Waals surface area contributed by atoms with Gasteiger partial charge in [-0.2, -0.15) is 5.26 Å². The lowest BCUT2D eigenvalue weighted by molar-refractivity contribution is 0.640. The van der Waals surface area contributed by atoms with Crippen molar-refractivity contribution in [3.63, 3.8) is 0 Å². The van der Waals surface area contributed by atoms with E-state index in [2.05, 4.69) is 22.5 Å². The summed E-state index contributed by atoms with van der Waals surface area (Å²) in [4.78, 5) is 4.26. The van der Waals surface area contributed by atoms with Crippen LogP contribution in [0.4, 0.5) is 0 Å². The van der Waals surface area contributed by atoms with Crippen LogP contribution in [0.1, 0.15) is 32.0 Å². The summed E-state index contributed by atoms with van der Waals surface area (Å²) >= 11 is 0. The van der Waals surface area contributed by atoms with Gasteiger partial charge in [-0.3, -0.25) is 0 Å². The second-order valence-corrected chi connectivity index (χ2v) is 3.05. The maximum Gasteiger partial charge on any atom is 0.108 e. The molecule has 3 nitrogen and oxygen atoms in total. The van der Waals surface area contributed by atoms with E-state index >= 15 is 0 Å². The van der Waals surface area contributed by atoms with Crippen molar-refractivity contribution in [2.45, 2.75) is 39.2 Å².